The molecule has 1 aromatic carbocycles. The van der Waals surface area contributed by atoms with Crippen LogP contribution in [0.4, 0.5) is 4.79 Å². The molecule has 1 saturated carbocycles. The first kappa shape index (κ1) is 13.9. The van der Waals surface area contributed by atoms with Gasteiger partial charge in [0.1, 0.15) is 0 Å². The van der Waals surface area contributed by atoms with E-state index in [0.29, 0.717) is 31.8 Å². The van der Waals surface area contributed by atoms with E-state index in [0.717, 1.165) is 6.42 Å². The SMILES string of the molecule is O=C(O)C1CCN(C(=O)NC2CC2c2ccccc2)CC1. The quantitative estimate of drug-likeness (QED) is 0.894. The van der Waals surface area contributed by atoms with Crippen molar-refractivity contribution in [2.45, 2.75) is 31.2 Å². The third-order valence-corrected chi connectivity index (χ3v) is 4.46. The molecule has 0 aromatic heterocycles. The molecule has 1 saturated heterocycles. The van der Waals surface area contributed by atoms with E-state index in [1.54, 1.807) is 4.90 Å². The van der Waals surface area contributed by atoms with Crippen molar-refractivity contribution in [3.05, 3.63) is 35.9 Å². The Morgan fingerprint density at radius 1 is 1.14 bits per heavy atom. The number of benzene rings is 1. The normalized spacial score (nSPS) is 25.4. The summed E-state index contributed by atoms with van der Waals surface area (Å²) < 4.78 is 0. The van der Waals surface area contributed by atoms with Crippen LogP contribution in [0.3, 0.4) is 0 Å². The van der Waals surface area contributed by atoms with Gasteiger partial charge in [-0.15, -0.1) is 0 Å². The first-order chi connectivity index (χ1) is 10.1. The second kappa shape index (κ2) is 5.76. The first-order valence-electron chi connectivity index (χ1n) is 7.48. The summed E-state index contributed by atoms with van der Waals surface area (Å²) in [5.41, 5.74) is 1.27. The minimum atomic E-state index is -0.749. The second-order valence-corrected chi connectivity index (χ2v) is 5.91. The Kier molecular flexibility index (Phi) is 3.82. The number of piperidine rings is 1. The number of amides is 2. The molecular formula is C16H20N2O3. The zero-order valence-electron chi connectivity index (χ0n) is 11.9. The van der Waals surface area contributed by atoms with Gasteiger partial charge in [-0.25, -0.2) is 4.79 Å². The van der Waals surface area contributed by atoms with E-state index >= 15 is 0 Å². The summed E-state index contributed by atoms with van der Waals surface area (Å²) in [6, 6.07) is 10.4. The number of urea groups is 1. The van der Waals surface area contributed by atoms with Crippen molar-refractivity contribution in [3.63, 3.8) is 0 Å². The van der Waals surface area contributed by atoms with Crippen LogP contribution in [-0.2, 0) is 4.79 Å². The van der Waals surface area contributed by atoms with Gasteiger partial charge in [0.15, 0.2) is 0 Å². The van der Waals surface area contributed by atoms with Gasteiger partial charge in [0.05, 0.1) is 5.92 Å². The van der Waals surface area contributed by atoms with Gasteiger partial charge >= 0.3 is 12.0 Å². The summed E-state index contributed by atoms with van der Waals surface area (Å²) in [4.78, 5) is 24.8. The molecule has 1 aromatic rings. The molecular weight excluding hydrogens is 268 g/mol. The molecule has 5 nitrogen and oxygen atoms in total. The van der Waals surface area contributed by atoms with Crippen molar-refractivity contribution in [1.82, 2.24) is 10.2 Å². The van der Waals surface area contributed by atoms with E-state index in [1.807, 2.05) is 18.2 Å². The Morgan fingerprint density at radius 3 is 2.43 bits per heavy atom. The van der Waals surface area contributed by atoms with Gasteiger partial charge in [-0.05, 0) is 24.8 Å². The lowest BCUT2D eigenvalue weighted by Crippen LogP contribution is -2.46. The summed E-state index contributed by atoms with van der Waals surface area (Å²) in [5.74, 6) is -0.625. The zero-order chi connectivity index (χ0) is 14.8. The van der Waals surface area contributed by atoms with E-state index in [1.165, 1.54) is 5.56 Å². The molecule has 2 aliphatic rings. The number of rotatable bonds is 3. The van der Waals surface area contributed by atoms with Gasteiger partial charge in [0.25, 0.3) is 0 Å². The smallest absolute Gasteiger partial charge is 0.317 e. The summed E-state index contributed by atoms with van der Waals surface area (Å²) in [5, 5.41) is 12.0. The number of hydrogen-bond acceptors (Lipinski definition) is 2. The lowest BCUT2D eigenvalue weighted by atomic mass is 9.97. The molecule has 1 aliphatic heterocycles. The fourth-order valence-corrected chi connectivity index (χ4v) is 3.00. The molecule has 3 rings (SSSR count). The van der Waals surface area contributed by atoms with Gasteiger partial charge in [-0.3, -0.25) is 4.79 Å². The highest BCUT2D eigenvalue weighted by Gasteiger charge is 2.40. The maximum absolute atomic E-state index is 12.2. The Balaban J connectivity index is 1.47. The van der Waals surface area contributed by atoms with Crippen molar-refractivity contribution < 1.29 is 14.7 Å². The van der Waals surface area contributed by atoms with Crippen LogP contribution in [0.15, 0.2) is 30.3 Å². The molecule has 1 aliphatic carbocycles. The van der Waals surface area contributed by atoms with Crippen molar-refractivity contribution in [1.29, 1.82) is 0 Å². The van der Waals surface area contributed by atoms with Crippen LogP contribution in [0.5, 0.6) is 0 Å². The van der Waals surface area contributed by atoms with Crippen LogP contribution < -0.4 is 5.32 Å². The van der Waals surface area contributed by atoms with Gasteiger partial charge < -0.3 is 15.3 Å². The summed E-state index contributed by atoms with van der Waals surface area (Å²) in [6.45, 7) is 1.07. The topological polar surface area (TPSA) is 69.6 Å². The average Bonchev–Trinajstić information content (AvgIpc) is 3.27. The number of carboxylic acid groups (broad SMARTS) is 1. The average molecular weight is 288 g/mol. The molecule has 2 atom stereocenters. The summed E-state index contributed by atoms with van der Waals surface area (Å²) in [7, 11) is 0. The Labute approximate surface area is 123 Å². The number of carbonyl (C=O) groups excluding carboxylic acids is 1. The Bertz CT molecular complexity index is 524. The number of likely N-dealkylation sites (tertiary alicyclic amines) is 1. The maximum atomic E-state index is 12.2. The van der Waals surface area contributed by atoms with Gasteiger partial charge in [-0.2, -0.15) is 0 Å². The highest BCUT2D eigenvalue weighted by Crippen LogP contribution is 2.40. The number of aliphatic carboxylic acids is 1. The van der Waals surface area contributed by atoms with E-state index in [2.05, 4.69) is 17.4 Å². The number of hydrogen-bond donors (Lipinski definition) is 2. The van der Waals surface area contributed by atoms with Crippen LogP contribution in [0.2, 0.25) is 0 Å². The van der Waals surface area contributed by atoms with Gasteiger partial charge in [0, 0.05) is 25.0 Å². The monoisotopic (exact) mass is 288 g/mol. The van der Waals surface area contributed by atoms with Gasteiger partial charge in [0.2, 0.25) is 0 Å². The van der Waals surface area contributed by atoms with Crippen molar-refractivity contribution in [3.8, 4) is 0 Å². The second-order valence-electron chi connectivity index (χ2n) is 5.91. The zero-order valence-corrected chi connectivity index (χ0v) is 11.9. The molecule has 0 radical (unpaired) electrons. The van der Waals surface area contributed by atoms with Crippen LogP contribution in [0.25, 0.3) is 0 Å². The summed E-state index contributed by atoms with van der Waals surface area (Å²) in [6.07, 6.45) is 2.09. The highest BCUT2D eigenvalue weighted by atomic mass is 16.4. The fraction of sp³-hybridized carbons (Fsp3) is 0.500. The predicted molar refractivity (Wildman–Crippen MR) is 78.1 cm³/mol. The molecule has 112 valence electrons. The van der Waals surface area contributed by atoms with Gasteiger partial charge in [-0.1, -0.05) is 30.3 Å². The fourth-order valence-electron chi connectivity index (χ4n) is 3.00. The number of nitrogens with zero attached hydrogens (tertiary/aromatic N) is 1. The lowest BCUT2D eigenvalue weighted by molar-refractivity contribution is -0.143. The standard InChI is InChI=1S/C16H20N2O3/c19-15(20)12-6-8-18(9-7-12)16(21)17-14-10-13(14)11-4-2-1-3-5-11/h1-5,12-14H,6-10H2,(H,17,21)(H,19,20). The molecule has 2 amide bonds. The maximum Gasteiger partial charge on any atom is 0.317 e. The van der Waals surface area contributed by atoms with E-state index in [4.69, 9.17) is 5.11 Å². The number of carboxylic acids is 1. The van der Waals surface area contributed by atoms with Crippen molar-refractivity contribution in [2.75, 3.05) is 13.1 Å². The van der Waals surface area contributed by atoms with E-state index in [9.17, 15) is 9.59 Å². The first-order valence-corrected chi connectivity index (χ1v) is 7.48. The minimum absolute atomic E-state index is 0.0535. The minimum Gasteiger partial charge on any atom is -0.481 e. The van der Waals surface area contributed by atoms with Crippen molar-refractivity contribution >= 4 is 12.0 Å². The Morgan fingerprint density at radius 2 is 1.81 bits per heavy atom. The van der Waals surface area contributed by atoms with E-state index < -0.39 is 5.97 Å². The molecule has 21 heavy (non-hydrogen) atoms. The van der Waals surface area contributed by atoms with E-state index in [-0.39, 0.29) is 18.0 Å². The highest BCUT2D eigenvalue weighted by molar-refractivity contribution is 5.76. The molecule has 2 fully saturated rings. The molecule has 2 N–H and O–H groups in total. The Hall–Kier alpha value is -2.04. The van der Waals surface area contributed by atoms with Crippen LogP contribution >= 0.6 is 0 Å². The van der Waals surface area contributed by atoms with Crippen LogP contribution in [0.1, 0.15) is 30.7 Å². The lowest BCUT2D eigenvalue weighted by Gasteiger charge is -2.30. The third kappa shape index (κ3) is 3.17. The largest absolute Gasteiger partial charge is 0.481 e. The molecule has 5 heteroatoms. The van der Waals surface area contributed by atoms with Crippen molar-refractivity contribution in [2.24, 2.45) is 5.92 Å². The predicted octanol–water partition coefficient (Wildman–Crippen LogP) is 2.05. The molecule has 1 heterocycles. The third-order valence-electron chi connectivity index (χ3n) is 4.46. The summed E-state index contributed by atoms with van der Waals surface area (Å²) >= 11 is 0. The van der Waals surface area contributed by atoms with Crippen LogP contribution in [-0.4, -0.2) is 41.1 Å². The molecule has 0 bridgehead atoms. The number of nitrogens with one attached hydrogen (secondary N) is 1. The molecule has 0 spiro atoms. The molecule has 2 unspecified atom stereocenters. The van der Waals surface area contributed by atoms with Crippen LogP contribution in [0, 0.1) is 5.92 Å². The number of carbonyl (C=O) groups is 2.